The van der Waals surface area contributed by atoms with E-state index in [0.717, 1.165) is 6.42 Å². The van der Waals surface area contributed by atoms with E-state index in [4.69, 9.17) is 5.11 Å². The van der Waals surface area contributed by atoms with Crippen LogP contribution >= 0.6 is 0 Å². The molecule has 0 fully saturated rings. The van der Waals surface area contributed by atoms with Gasteiger partial charge in [-0.3, -0.25) is 0 Å². The Morgan fingerprint density at radius 1 is 1.42 bits per heavy atom. The fourth-order valence-corrected chi connectivity index (χ4v) is 0.518. The first-order chi connectivity index (χ1) is 5.81. The lowest BCUT2D eigenvalue weighted by atomic mass is 10.2. The molecule has 0 aromatic heterocycles. The molecule has 64 valence electrons. The van der Waals surface area contributed by atoms with Crippen LogP contribution in [-0.2, 0) is 0 Å². The summed E-state index contributed by atoms with van der Waals surface area (Å²) in [7, 11) is 0. The van der Waals surface area contributed by atoms with Gasteiger partial charge in [-0.05, 0) is 31.3 Å². The molecule has 1 heteroatoms. The Bertz CT molecular complexity index is 242. The van der Waals surface area contributed by atoms with Crippen LogP contribution < -0.4 is 0 Å². The Morgan fingerprint density at radius 3 is 2.75 bits per heavy atom. The van der Waals surface area contributed by atoms with E-state index < -0.39 is 0 Å². The molecule has 0 saturated carbocycles. The molecule has 0 rings (SSSR count). The summed E-state index contributed by atoms with van der Waals surface area (Å²) >= 11 is 0. The van der Waals surface area contributed by atoms with Crippen molar-refractivity contribution in [2.75, 3.05) is 0 Å². The highest BCUT2D eigenvalue weighted by molar-refractivity contribution is 5.30. The topological polar surface area (TPSA) is 20.2 Å². The van der Waals surface area contributed by atoms with Crippen molar-refractivity contribution in [1.29, 1.82) is 0 Å². The second-order valence-corrected chi connectivity index (χ2v) is 2.34. The fourth-order valence-electron chi connectivity index (χ4n) is 0.518. The number of rotatable bonds is 2. The van der Waals surface area contributed by atoms with Gasteiger partial charge in [0.05, 0.1) is 6.10 Å². The standard InChI is InChI=1S/C11H14O/c1-3-5-6-7-8-9-10-11(12)4-2/h3,5,11-12H,4,10H2,1-2H3. The van der Waals surface area contributed by atoms with Crippen LogP contribution in [0.15, 0.2) is 12.2 Å². The van der Waals surface area contributed by atoms with Crippen molar-refractivity contribution in [3.05, 3.63) is 12.2 Å². The molecule has 0 heterocycles. The molecule has 0 aromatic rings. The predicted octanol–water partition coefficient (Wildman–Crippen LogP) is 1.73. The average Bonchev–Trinajstić information content (AvgIpc) is 2.10. The van der Waals surface area contributed by atoms with Gasteiger partial charge in [-0.25, -0.2) is 0 Å². The monoisotopic (exact) mass is 162 g/mol. The first kappa shape index (κ1) is 10.8. The van der Waals surface area contributed by atoms with Gasteiger partial charge in [0, 0.05) is 6.42 Å². The minimum absolute atomic E-state index is 0.305. The molecule has 0 amide bonds. The maximum atomic E-state index is 9.10. The lowest BCUT2D eigenvalue weighted by molar-refractivity contribution is 0.176. The average molecular weight is 162 g/mol. The molecule has 0 bridgehead atoms. The molecule has 1 nitrogen and oxygen atoms in total. The molecule has 0 aromatic carbocycles. The van der Waals surface area contributed by atoms with Crippen LogP contribution in [0.25, 0.3) is 0 Å². The minimum atomic E-state index is -0.305. The second-order valence-electron chi connectivity index (χ2n) is 2.34. The summed E-state index contributed by atoms with van der Waals surface area (Å²) < 4.78 is 0. The van der Waals surface area contributed by atoms with Crippen molar-refractivity contribution in [3.8, 4) is 23.7 Å². The minimum Gasteiger partial charge on any atom is -0.392 e. The van der Waals surface area contributed by atoms with E-state index in [0.29, 0.717) is 6.42 Å². The molecule has 1 N–H and O–H groups in total. The molecule has 0 aliphatic rings. The Balaban J connectivity index is 3.69. The maximum Gasteiger partial charge on any atom is 0.0647 e. The van der Waals surface area contributed by atoms with E-state index in [-0.39, 0.29) is 6.10 Å². The molecular formula is C11H14O. The molecule has 0 aliphatic heterocycles. The molecule has 0 radical (unpaired) electrons. The van der Waals surface area contributed by atoms with Crippen molar-refractivity contribution < 1.29 is 5.11 Å². The van der Waals surface area contributed by atoms with E-state index in [1.807, 2.05) is 19.9 Å². The molecule has 0 spiro atoms. The third-order valence-corrected chi connectivity index (χ3v) is 1.28. The predicted molar refractivity (Wildman–Crippen MR) is 51.3 cm³/mol. The van der Waals surface area contributed by atoms with Gasteiger partial charge in [0.15, 0.2) is 0 Å². The third kappa shape index (κ3) is 6.93. The summed E-state index contributed by atoms with van der Waals surface area (Å²) in [5.41, 5.74) is 0. The van der Waals surface area contributed by atoms with Gasteiger partial charge in [-0.1, -0.05) is 24.8 Å². The fraction of sp³-hybridized carbons (Fsp3) is 0.455. The molecule has 1 atom stereocenters. The third-order valence-electron chi connectivity index (χ3n) is 1.28. The van der Waals surface area contributed by atoms with Crippen LogP contribution in [0.4, 0.5) is 0 Å². The van der Waals surface area contributed by atoms with Gasteiger partial charge in [-0.2, -0.15) is 0 Å². The largest absolute Gasteiger partial charge is 0.392 e. The van der Waals surface area contributed by atoms with E-state index in [1.54, 1.807) is 6.08 Å². The van der Waals surface area contributed by atoms with Crippen LogP contribution in [0, 0.1) is 23.7 Å². The van der Waals surface area contributed by atoms with Crippen LogP contribution in [0.2, 0.25) is 0 Å². The smallest absolute Gasteiger partial charge is 0.0647 e. The summed E-state index contributed by atoms with van der Waals surface area (Å²) in [6, 6.07) is 0. The summed E-state index contributed by atoms with van der Waals surface area (Å²) in [6.07, 6.45) is 4.55. The zero-order valence-corrected chi connectivity index (χ0v) is 7.59. The quantitative estimate of drug-likeness (QED) is 0.613. The normalized spacial score (nSPS) is 11.2. The Morgan fingerprint density at radius 2 is 2.17 bits per heavy atom. The molecule has 0 aliphatic carbocycles. The van der Waals surface area contributed by atoms with E-state index in [2.05, 4.69) is 23.7 Å². The van der Waals surface area contributed by atoms with Crippen LogP contribution in [0.3, 0.4) is 0 Å². The van der Waals surface area contributed by atoms with Crippen molar-refractivity contribution in [3.63, 3.8) is 0 Å². The number of hydrogen-bond acceptors (Lipinski definition) is 1. The van der Waals surface area contributed by atoms with Crippen molar-refractivity contribution >= 4 is 0 Å². The molecule has 12 heavy (non-hydrogen) atoms. The Hall–Kier alpha value is -1.18. The van der Waals surface area contributed by atoms with Gasteiger partial charge >= 0.3 is 0 Å². The molecule has 0 saturated heterocycles. The van der Waals surface area contributed by atoms with E-state index >= 15 is 0 Å². The highest BCUT2D eigenvalue weighted by Crippen LogP contribution is 1.92. The van der Waals surface area contributed by atoms with Crippen LogP contribution in [0.1, 0.15) is 26.7 Å². The van der Waals surface area contributed by atoms with Gasteiger partial charge in [-0.15, -0.1) is 0 Å². The zero-order valence-electron chi connectivity index (χ0n) is 7.59. The number of aliphatic hydroxyl groups excluding tert-OH is 1. The van der Waals surface area contributed by atoms with Gasteiger partial charge in [0.25, 0.3) is 0 Å². The summed E-state index contributed by atoms with van der Waals surface area (Å²) in [5, 5.41) is 9.10. The first-order valence-electron chi connectivity index (χ1n) is 4.08. The van der Waals surface area contributed by atoms with Gasteiger partial charge in [0.1, 0.15) is 0 Å². The zero-order chi connectivity index (χ0) is 9.23. The number of allylic oxidation sites excluding steroid dienone is 2. The SMILES string of the molecule is CC=CC#CC#CCC(O)CC. The first-order valence-corrected chi connectivity index (χ1v) is 4.08. The highest BCUT2D eigenvalue weighted by Gasteiger charge is 1.93. The maximum absolute atomic E-state index is 9.10. The van der Waals surface area contributed by atoms with Gasteiger partial charge < -0.3 is 5.11 Å². The lowest BCUT2D eigenvalue weighted by Gasteiger charge is -1.98. The molecule has 1 unspecified atom stereocenters. The molecular weight excluding hydrogens is 148 g/mol. The number of hydrogen-bond donors (Lipinski definition) is 1. The second kappa shape index (κ2) is 7.92. The van der Waals surface area contributed by atoms with Crippen LogP contribution in [0.5, 0.6) is 0 Å². The number of aliphatic hydroxyl groups is 1. The summed E-state index contributed by atoms with van der Waals surface area (Å²) in [6.45, 7) is 3.83. The Kier molecular flexibility index (Phi) is 7.14. The lowest BCUT2D eigenvalue weighted by Crippen LogP contribution is -2.01. The van der Waals surface area contributed by atoms with Crippen molar-refractivity contribution in [1.82, 2.24) is 0 Å². The summed E-state index contributed by atoms with van der Waals surface area (Å²) in [5.74, 6) is 10.8. The van der Waals surface area contributed by atoms with E-state index in [1.165, 1.54) is 0 Å². The van der Waals surface area contributed by atoms with Gasteiger partial charge in [0.2, 0.25) is 0 Å². The van der Waals surface area contributed by atoms with Crippen LogP contribution in [-0.4, -0.2) is 11.2 Å². The summed E-state index contributed by atoms with van der Waals surface area (Å²) in [4.78, 5) is 0. The highest BCUT2D eigenvalue weighted by atomic mass is 16.3. The van der Waals surface area contributed by atoms with E-state index in [9.17, 15) is 0 Å². The van der Waals surface area contributed by atoms with Crippen molar-refractivity contribution in [2.45, 2.75) is 32.8 Å². The van der Waals surface area contributed by atoms with Crippen molar-refractivity contribution in [2.24, 2.45) is 0 Å². The Labute approximate surface area is 74.5 Å².